The van der Waals surface area contributed by atoms with Crippen LogP contribution in [0.15, 0.2) is 97.2 Å². The van der Waals surface area contributed by atoms with Gasteiger partial charge in [0.15, 0.2) is 0 Å². The first kappa shape index (κ1) is 27.6. The number of hydrogen-bond acceptors (Lipinski definition) is 4. The highest BCUT2D eigenvalue weighted by Crippen LogP contribution is 2.26. The molecule has 6 nitrogen and oxygen atoms in total. The van der Waals surface area contributed by atoms with Crippen LogP contribution in [0.4, 0.5) is 16.2 Å². The monoisotopic (exact) mass is 521 g/mol. The summed E-state index contributed by atoms with van der Waals surface area (Å²) in [6.07, 6.45) is 2.85. The zero-order valence-corrected chi connectivity index (χ0v) is 23.0. The molecule has 0 aliphatic carbocycles. The number of hydrogen-bond donors (Lipinski definition) is 1. The van der Waals surface area contributed by atoms with Gasteiger partial charge >= 0.3 is 6.09 Å². The van der Waals surface area contributed by atoms with Crippen molar-refractivity contribution in [1.29, 1.82) is 0 Å². The Morgan fingerprint density at radius 3 is 2.21 bits per heavy atom. The molecule has 0 aliphatic heterocycles. The molecule has 0 bridgehead atoms. The molecule has 0 radical (unpaired) electrons. The minimum absolute atomic E-state index is 0.197. The predicted octanol–water partition coefficient (Wildman–Crippen LogP) is 7.55. The normalized spacial score (nSPS) is 11.1. The summed E-state index contributed by atoms with van der Waals surface area (Å²) in [5.41, 5.74) is 5.28. The summed E-state index contributed by atoms with van der Waals surface area (Å²) in [5.74, 6) is -0.197. The van der Waals surface area contributed by atoms with Gasteiger partial charge in [0.25, 0.3) is 5.91 Å². The largest absolute Gasteiger partial charge is 0.443 e. The Bertz CT molecular complexity index is 1390. The minimum atomic E-state index is -0.626. The number of carbonyl (C=O) groups is 2. The van der Waals surface area contributed by atoms with Gasteiger partial charge in [-0.15, -0.1) is 0 Å². The molecule has 39 heavy (non-hydrogen) atoms. The maximum atomic E-state index is 13.3. The Balaban J connectivity index is 1.51. The van der Waals surface area contributed by atoms with Crippen LogP contribution in [0, 0.1) is 0 Å². The van der Waals surface area contributed by atoms with E-state index in [-0.39, 0.29) is 5.91 Å². The average Bonchev–Trinajstić information content (AvgIpc) is 2.93. The number of carbonyl (C=O) groups excluding carboxylic acids is 2. The summed E-state index contributed by atoms with van der Waals surface area (Å²) in [6, 6.07) is 28.8. The molecule has 0 fully saturated rings. The molecular weight excluding hydrogens is 486 g/mol. The number of amides is 2. The molecule has 0 unspecified atom stereocenters. The molecular formula is C33H35N3O3. The number of pyridine rings is 1. The van der Waals surface area contributed by atoms with Crippen molar-refractivity contribution in [3.05, 3.63) is 114 Å². The number of aromatic nitrogens is 1. The van der Waals surface area contributed by atoms with Gasteiger partial charge in [-0.3, -0.25) is 14.7 Å². The smallest absolute Gasteiger partial charge is 0.414 e. The van der Waals surface area contributed by atoms with E-state index in [4.69, 9.17) is 4.74 Å². The summed E-state index contributed by atoms with van der Waals surface area (Å²) in [5, 5.41) is 3.00. The number of nitrogens with one attached hydrogen (secondary N) is 1. The van der Waals surface area contributed by atoms with Crippen molar-refractivity contribution in [3.8, 4) is 11.1 Å². The topological polar surface area (TPSA) is 71.5 Å². The predicted molar refractivity (Wildman–Crippen MR) is 157 cm³/mol. The molecule has 3 aromatic carbocycles. The van der Waals surface area contributed by atoms with Crippen molar-refractivity contribution in [2.75, 3.05) is 16.8 Å². The lowest BCUT2D eigenvalue weighted by atomic mass is 9.98. The molecule has 200 valence electrons. The van der Waals surface area contributed by atoms with Gasteiger partial charge in [-0.2, -0.15) is 0 Å². The first-order valence-corrected chi connectivity index (χ1v) is 13.2. The summed E-state index contributed by atoms with van der Waals surface area (Å²) in [7, 11) is 0. The fourth-order valence-electron chi connectivity index (χ4n) is 4.19. The molecule has 1 heterocycles. The van der Waals surface area contributed by atoms with E-state index < -0.39 is 11.7 Å². The van der Waals surface area contributed by atoms with Gasteiger partial charge in [0, 0.05) is 41.8 Å². The summed E-state index contributed by atoms with van der Waals surface area (Å²) >= 11 is 0. The van der Waals surface area contributed by atoms with Crippen molar-refractivity contribution >= 4 is 23.4 Å². The lowest BCUT2D eigenvalue weighted by Crippen LogP contribution is -2.38. The Kier molecular flexibility index (Phi) is 8.77. The maximum absolute atomic E-state index is 13.3. The van der Waals surface area contributed by atoms with Crippen molar-refractivity contribution in [3.63, 3.8) is 0 Å². The molecule has 2 amide bonds. The fraction of sp³-hybridized carbons (Fsp3) is 0.242. The first-order valence-electron chi connectivity index (χ1n) is 13.2. The van der Waals surface area contributed by atoms with E-state index in [1.807, 2.05) is 75.4 Å². The Morgan fingerprint density at radius 1 is 0.872 bits per heavy atom. The minimum Gasteiger partial charge on any atom is -0.443 e. The van der Waals surface area contributed by atoms with E-state index in [1.165, 1.54) is 5.56 Å². The standard InChI is InChI=1S/C33H35N3O3/c1-5-24-13-15-25(16-14-24)29-11-6-7-12-30(29)31(37)35-27-17-19-28(20-18-27)36(32(38)39-33(2,3)4)23-21-26-10-8-9-22-34-26/h6-20,22H,5,21,23H2,1-4H3,(H,35,37). The highest BCUT2D eigenvalue weighted by molar-refractivity contribution is 6.08. The van der Waals surface area contributed by atoms with Crippen LogP contribution in [0.3, 0.4) is 0 Å². The molecule has 0 saturated carbocycles. The van der Waals surface area contributed by atoms with Crippen LogP contribution in [0.25, 0.3) is 11.1 Å². The third-order valence-electron chi connectivity index (χ3n) is 6.21. The second-order valence-electron chi connectivity index (χ2n) is 10.3. The summed E-state index contributed by atoms with van der Waals surface area (Å²) in [6.45, 7) is 8.06. The number of nitrogens with zero attached hydrogens (tertiary/aromatic N) is 2. The molecule has 4 aromatic rings. The van der Waals surface area contributed by atoms with Gasteiger partial charge in [-0.05, 0) is 86.3 Å². The Labute approximate surface area is 230 Å². The molecule has 0 spiro atoms. The molecule has 0 saturated heterocycles. The quantitative estimate of drug-likeness (QED) is 0.260. The molecule has 0 atom stereocenters. The second-order valence-corrected chi connectivity index (χ2v) is 10.3. The van der Waals surface area contributed by atoms with Crippen LogP contribution in [0.1, 0.15) is 49.3 Å². The summed E-state index contributed by atoms with van der Waals surface area (Å²) in [4.78, 5) is 32.3. The van der Waals surface area contributed by atoms with Crippen molar-refractivity contribution in [1.82, 2.24) is 4.98 Å². The number of ether oxygens (including phenoxy) is 1. The van der Waals surface area contributed by atoms with Gasteiger partial charge in [0.2, 0.25) is 0 Å². The van der Waals surface area contributed by atoms with Gasteiger partial charge < -0.3 is 10.1 Å². The van der Waals surface area contributed by atoms with E-state index in [2.05, 4.69) is 41.5 Å². The maximum Gasteiger partial charge on any atom is 0.414 e. The SMILES string of the molecule is CCc1ccc(-c2ccccc2C(=O)Nc2ccc(N(CCc3ccccn3)C(=O)OC(C)(C)C)cc2)cc1. The van der Waals surface area contributed by atoms with Crippen LogP contribution < -0.4 is 10.2 Å². The zero-order valence-electron chi connectivity index (χ0n) is 23.0. The van der Waals surface area contributed by atoms with E-state index >= 15 is 0 Å². The molecule has 1 aromatic heterocycles. The molecule has 6 heteroatoms. The van der Waals surface area contributed by atoms with Crippen LogP contribution in [-0.2, 0) is 17.6 Å². The number of rotatable bonds is 8. The van der Waals surface area contributed by atoms with Crippen molar-refractivity contribution in [2.45, 2.75) is 46.1 Å². The summed E-state index contributed by atoms with van der Waals surface area (Å²) < 4.78 is 5.66. The highest BCUT2D eigenvalue weighted by atomic mass is 16.6. The van der Waals surface area contributed by atoms with E-state index in [0.29, 0.717) is 29.9 Å². The molecule has 0 aliphatic rings. The Morgan fingerprint density at radius 2 is 1.56 bits per heavy atom. The van der Waals surface area contributed by atoms with E-state index in [0.717, 1.165) is 23.2 Å². The van der Waals surface area contributed by atoms with Gasteiger partial charge in [0.05, 0.1) is 0 Å². The number of anilines is 2. The molecule has 1 N–H and O–H groups in total. The second kappa shape index (κ2) is 12.4. The lowest BCUT2D eigenvalue weighted by molar-refractivity contribution is 0.0580. The van der Waals surface area contributed by atoms with Crippen LogP contribution >= 0.6 is 0 Å². The van der Waals surface area contributed by atoms with Gasteiger partial charge in [0.1, 0.15) is 5.60 Å². The first-order chi connectivity index (χ1) is 18.7. The average molecular weight is 522 g/mol. The third kappa shape index (κ3) is 7.54. The Hall–Kier alpha value is -4.45. The van der Waals surface area contributed by atoms with Crippen molar-refractivity contribution < 1.29 is 14.3 Å². The fourth-order valence-corrected chi connectivity index (χ4v) is 4.19. The molecule has 4 rings (SSSR count). The van der Waals surface area contributed by atoms with E-state index in [1.54, 1.807) is 23.2 Å². The lowest BCUT2D eigenvalue weighted by Gasteiger charge is -2.27. The third-order valence-corrected chi connectivity index (χ3v) is 6.21. The van der Waals surface area contributed by atoms with Crippen molar-refractivity contribution in [2.24, 2.45) is 0 Å². The van der Waals surface area contributed by atoms with Gasteiger partial charge in [-0.1, -0.05) is 55.5 Å². The zero-order chi connectivity index (χ0) is 27.8. The van der Waals surface area contributed by atoms with E-state index in [9.17, 15) is 9.59 Å². The number of benzene rings is 3. The van der Waals surface area contributed by atoms with Gasteiger partial charge in [-0.25, -0.2) is 4.79 Å². The van der Waals surface area contributed by atoms with Crippen LogP contribution in [0.2, 0.25) is 0 Å². The highest BCUT2D eigenvalue weighted by Gasteiger charge is 2.23. The van der Waals surface area contributed by atoms with Crippen LogP contribution in [0.5, 0.6) is 0 Å². The van der Waals surface area contributed by atoms with Crippen LogP contribution in [-0.4, -0.2) is 29.1 Å². The number of aryl methyl sites for hydroxylation is 1.